The minimum atomic E-state index is -1.01. The number of halogens is 2. The molecule has 0 radical (unpaired) electrons. The molecule has 2 N–H and O–H groups in total. The van der Waals surface area contributed by atoms with Crippen LogP contribution in [-0.2, 0) is 4.74 Å². The highest BCUT2D eigenvalue weighted by Gasteiger charge is 2.42. The van der Waals surface area contributed by atoms with Gasteiger partial charge in [-0.05, 0) is 25.0 Å². The molecule has 1 saturated heterocycles. The second-order valence-electron chi connectivity index (χ2n) is 10.3. The third-order valence-electron chi connectivity index (χ3n) is 7.81. The maximum atomic E-state index is 14.1. The van der Waals surface area contributed by atoms with Crippen LogP contribution in [0, 0.1) is 0 Å². The molecule has 1 aliphatic heterocycles. The molecule has 218 valence electrons. The number of nitrogens with one attached hydrogen (secondary N) is 1. The van der Waals surface area contributed by atoms with Crippen molar-refractivity contribution in [2.24, 2.45) is 0 Å². The molecule has 3 atom stereocenters. The second-order valence-corrected chi connectivity index (χ2v) is 10.3. The van der Waals surface area contributed by atoms with E-state index in [0.717, 1.165) is 42.8 Å². The van der Waals surface area contributed by atoms with Crippen LogP contribution >= 0.6 is 24.8 Å². The zero-order valence-corrected chi connectivity index (χ0v) is 24.5. The molecule has 2 aliphatic rings. The minimum Gasteiger partial charge on any atom is -0.494 e. The molecule has 10 heteroatoms. The van der Waals surface area contributed by atoms with E-state index in [0.29, 0.717) is 38.2 Å². The number of aromatic nitrogens is 2. The van der Waals surface area contributed by atoms with E-state index >= 15 is 0 Å². The number of methoxy groups -OCH3 is 1. The summed E-state index contributed by atoms with van der Waals surface area (Å²) in [5.41, 5.74) is 1.09. The average molecular weight is 592 g/mol. The second kappa shape index (κ2) is 14.8. The zero-order chi connectivity index (χ0) is 26.4. The Morgan fingerprint density at radius 1 is 1.10 bits per heavy atom. The van der Waals surface area contributed by atoms with Gasteiger partial charge < -0.3 is 29.4 Å². The number of amides is 1. The summed E-state index contributed by atoms with van der Waals surface area (Å²) < 4.78 is 13.4. The normalized spacial score (nSPS) is 22.6. The molecule has 1 amide bonds. The fourth-order valence-electron chi connectivity index (χ4n) is 5.91. The van der Waals surface area contributed by atoms with E-state index in [1.807, 2.05) is 70.1 Å². The molecule has 3 aromatic rings. The Bertz CT molecular complexity index is 1190. The fraction of sp³-hybridized carbons (Fsp3) is 0.467. The van der Waals surface area contributed by atoms with E-state index in [4.69, 9.17) is 14.5 Å². The van der Waals surface area contributed by atoms with Crippen LogP contribution < -0.4 is 10.1 Å². The van der Waals surface area contributed by atoms with E-state index in [1.165, 1.54) is 0 Å². The van der Waals surface area contributed by atoms with Crippen molar-refractivity contribution < 1.29 is 19.4 Å². The highest BCUT2D eigenvalue weighted by Crippen LogP contribution is 2.41. The molecule has 5 rings (SSSR count). The molecular weight excluding hydrogens is 551 g/mol. The number of carbonyl (C=O) groups excluding carboxylic acids is 1. The summed E-state index contributed by atoms with van der Waals surface area (Å²) in [6, 6.07) is 19.4. The summed E-state index contributed by atoms with van der Waals surface area (Å²) >= 11 is 0. The van der Waals surface area contributed by atoms with Gasteiger partial charge in [0.1, 0.15) is 11.4 Å². The first-order valence-corrected chi connectivity index (χ1v) is 13.6. The van der Waals surface area contributed by atoms with Crippen molar-refractivity contribution in [3.63, 3.8) is 0 Å². The van der Waals surface area contributed by atoms with Gasteiger partial charge in [0.2, 0.25) is 0 Å². The summed E-state index contributed by atoms with van der Waals surface area (Å²) in [4.78, 5) is 20.8. The van der Waals surface area contributed by atoms with Gasteiger partial charge in [0.15, 0.2) is 5.69 Å². The number of benzene rings is 2. The van der Waals surface area contributed by atoms with Gasteiger partial charge in [-0.25, -0.2) is 4.98 Å². The molecule has 1 saturated carbocycles. The summed E-state index contributed by atoms with van der Waals surface area (Å²) in [5.74, 6) is 0.746. The van der Waals surface area contributed by atoms with Gasteiger partial charge in [0, 0.05) is 44.8 Å². The summed E-state index contributed by atoms with van der Waals surface area (Å²) in [5, 5.41) is 15.0. The number of hydrogen-bond donors (Lipinski definition) is 2. The van der Waals surface area contributed by atoms with Crippen molar-refractivity contribution >= 4 is 30.7 Å². The van der Waals surface area contributed by atoms with Crippen molar-refractivity contribution in [2.45, 2.75) is 49.8 Å². The van der Waals surface area contributed by atoms with Crippen molar-refractivity contribution in [2.75, 3.05) is 40.0 Å². The van der Waals surface area contributed by atoms with Crippen molar-refractivity contribution in [3.05, 3.63) is 72.7 Å². The number of aliphatic hydroxyl groups is 1. The maximum absolute atomic E-state index is 14.1. The Balaban J connectivity index is 0.00000220. The molecule has 2 fully saturated rings. The Morgan fingerprint density at radius 3 is 2.55 bits per heavy atom. The first kappa shape index (κ1) is 31.9. The Morgan fingerprint density at radius 2 is 1.82 bits per heavy atom. The zero-order valence-electron chi connectivity index (χ0n) is 22.9. The quantitative estimate of drug-likeness (QED) is 0.373. The summed E-state index contributed by atoms with van der Waals surface area (Å²) in [7, 11) is 1.62. The highest BCUT2D eigenvalue weighted by atomic mass is 35.5. The SMILES string of the molecule is COC[C@]1(O)CCCC[C@H]1n1cnc(C(=O)N2CCNC[C@H]2CCOc2ccccc2)c1-c1ccccc1.Cl.Cl. The Labute approximate surface area is 248 Å². The average Bonchev–Trinajstić information content (AvgIpc) is 3.39. The molecular formula is C30H40Cl2N4O4. The Kier molecular flexibility index (Phi) is 11.8. The number of nitrogens with zero attached hydrogens (tertiary/aromatic N) is 3. The van der Waals surface area contributed by atoms with Gasteiger partial charge in [-0.3, -0.25) is 4.79 Å². The molecule has 40 heavy (non-hydrogen) atoms. The number of ether oxygens (including phenoxy) is 2. The van der Waals surface area contributed by atoms with Crippen LogP contribution in [-0.4, -0.2) is 77.1 Å². The maximum Gasteiger partial charge on any atom is 0.275 e. The van der Waals surface area contributed by atoms with E-state index < -0.39 is 5.60 Å². The lowest BCUT2D eigenvalue weighted by atomic mass is 9.80. The van der Waals surface area contributed by atoms with Crippen molar-refractivity contribution in [1.29, 1.82) is 0 Å². The first-order chi connectivity index (χ1) is 18.6. The van der Waals surface area contributed by atoms with Crippen LogP contribution in [0.1, 0.15) is 48.6 Å². The van der Waals surface area contributed by atoms with Gasteiger partial charge in [-0.1, -0.05) is 61.4 Å². The standard InChI is InChI=1S/C30H38N4O4.2ClH/c1-37-21-30(36)16-9-8-14-26(30)34-22-32-27(28(34)23-10-4-2-5-11-23)29(35)33-18-17-31-20-24(33)15-19-38-25-12-6-3-7-13-25;;/h2-7,10-13,22,24,26,31,36H,8-9,14-21H2,1H3;2*1H/t24-,26-,30-;;/m1../s1. The molecule has 0 spiro atoms. The molecule has 0 bridgehead atoms. The number of imidazole rings is 1. The predicted molar refractivity (Wildman–Crippen MR) is 161 cm³/mol. The van der Waals surface area contributed by atoms with Gasteiger partial charge in [-0.2, -0.15) is 0 Å². The van der Waals surface area contributed by atoms with Gasteiger partial charge in [-0.15, -0.1) is 24.8 Å². The number of para-hydroxylation sites is 1. The predicted octanol–water partition coefficient (Wildman–Crippen LogP) is 4.77. The summed E-state index contributed by atoms with van der Waals surface area (Å²) in [6.45, 7) is 2.81. The van der Waals surface area contributed by atoms with E-state index in [-0.39, 0.29) is 49.4 Å². The lowest BCUT2D eigenvalue weighted by Gasteiger charge is -2.41. The number of carbonyl (C=O) groups is 1. The fourth-order valence-corrected chi connectivity index (χ4v) is 5.91. The smallest absolute Gasteiger partial charge is 0.275 e. The van der Waals surface area contributed by atoms with Crippen molar-refractivity contribution in [3.8, 4) is 17.0 Å². The van der Waals surface area contributed by atoms with Gasteiger partial charge in [0.05, 0.1) is 31.3 Å². The molecule has 2 heterocycles. The van der Waals surface area contributed by atoms with Crippen molar-refractivity contribution in [1.82, 2.24) is 19.8 Å². The topological polar surface area (TPSA) is 88.8 Å². The third-order valence-corrected chi connectivity index (χ3v) is 7.81. The summed E-state index contributed by atoms with van der Waals surface area (Å²) in [6.07, 6.45) is 5.87. The van der Waals surface area contributed by atoms with Crippen LogP contribution in [0.3, 0.4) is 0 Å². The number of hydrogen-bond acceptors (Lipinski definition) is 6. The molecule has 0 unspecified atom stereocenters. The number of piperazine rings is 1. The number of rotatable bonds is 9. The first-order valence-electron chi connectivity index (χ1n) is 13.6. The lowest BCUT2D eigenvalue weighted by Crippen LogP contribution is -2.54. The van der Waals surface area contributed by atoms with Crippen LogP contribution in [0.25, 0.3) is 11.3 Å². The molecule has 1 aromatic heterocycles. The van der Waals surface area contributed by atoms with Gasteiger partial charge in [0.25, 0.3) is 5.91 Å². The van der Waals surface area contributed by atoms with E-state index in [9.17, 15) is 9.90 Å². The lowest BCUT2D eigenvalue weighted by molar-refractivity contribution is -0.0893. The Hall–Kier alpha value is -2.62. The van der Waals surface area contributed by atoms with Crippen LogP contribution in [0.4, 0.5) is 0 Å². The van der Waals surface area contributed by atoms with Crippen LogP contribution in [0.5, 0.6) is 5.75 Å². The monoisotopic (exact) mass is 590 g/mol. The molecule has 1 aliphatic carbocycles. The molecule has 8 nitrogen and oxygen atoms in total. The molecule has 2 aromatic carbocycles. The largest absolute Gasteiger partial charge is 0.494 e. The third kappa shape index (κ3) is 6.98. The van der Waals surface area contributed by atoms with E-state index in [2.05, 4.69) is 5.32 Å². The highest BCUT2D eigenvalue weighted by molar-refractivity contribution is 5.98. The van der Waals surface area contributed by atoms with E-state index in [1.54, 1.807) is 13.4 Å². The minimum absolute atomic E-state index is 0. The van der Waals surface area contributed by atoms with Crippen LogP contribution in [0.2, 0.25) is 0 Å². The van der Waals surface area contributed by atoms with Crippen LogP contribution in [0.15, 0.2) is 67.0 Å². The van der Waals surface area contributed by atoms with Gasteiger partial charge >= 0.3 is 0 Å².